The number of carbonyl (C=O) groups excluding carboxylic acids is 1. The largest absolute Gasteiger partial charge is 0.370 e. The van der Waals surface area contributed by atoms with Crippen LogP contribution in [0.15, 0.2) is 47.5 Å². The van der Waals surface area contributed by atoms with Gasteiger partial charge >= 0.3 is 0 Å². The van der Waals surface area contributed by atoms with Gasteiger partial charge in [0.1, 0.15) is 0 Å². The average molecular weight is 330 g/mol. The molecule has 4 N–H and O–H groups in total. The lowest BCUT2D eigenvalue weighted by Crippen LogP contribution is -2.24. The quantitative estimate of drug-likeness (QED) is 0.503. The molecule has 5 nitrogen and oxygen atoms in total. The summed E-state index contributed by atoms with van der Waals surface area (Å²) in [4.78, 5) is 19.5. The second-order valence-electron chi connectivity index (χ2n) is 5.95. The molecule has 0 radical (unpaired) electrons. The smallest absolute Gasteiger partial charge is 0.280 e. The molecule has 0 unspecified atom stereocenters. The van der Waals surface area contributed by atoms with E-state index in [9.17, 15) is 4.79 Å². The van der Waals surface area contributed by atoms with Gasteiger partial charge in [-0.2, -0.15) is 4.99 Å². The first-order valence-electron chi connectivity index (χ1n) is 7.96. The third-order valence-electron chi connectivity index (χ3n) is 4.28. The Morgan fingerprint density at radius 2 is 2.00 bits per heavy atom. The molecule has 124 valence electrons. The Hall–Kier alpha value is -3.39. The van der Waals surface area contributed by atoms with Gasteiger partial charge in [0.25, 0.3) is 5.91 Å². The van der Waals surface area contributed by atoms with Gasteiger partial charge in [-0.3, -0.25) is 4.79 Å². The Labute approximate surface area is 146 Å². The number of aryl methyl sites for hydroxylation is 2. The van der Waals surface area contributed by atoms with Crippen molar-refractivity contribution in [2.45, 2.75) is 19.8 Å². The van der Waals surface area contributed by atoms with Gasteiger partial charge in [-0.25, -0.2) is 4.85 Å². The van der Waals surface area contributed by atoms with Crippen LogP contribution in [0, 0.1) is 13.5 Å². The number of hydrogen-bond acceptors (Lipinski definition) is 1. The predicted molar refractivity (Wildman–Crippen MR) is 99.4 cm³/mol. The number of nitrogens with two attached hydrogens (primary N) is 2. The number of nitrogens with zero attached hydrogens (tertiary/aromatic N) is 2. The molecule has 0 fully saturated rings. The predicted octanol–water partition coefficient (Wildman–Crippen LogP) is 3.34. The van der Waals surface area contributed by atoms with Crippen molar-refractivity contribution in [3.63, 3.8) is 0 Å². The third-order valence-corrected chi connectivity index (χ3v) is 4.28. The van der Waals surface area contributed by atoms with Crippen LogP contribution >= 0.6 is 0 Å². The topological polar surface area (TPSA) is 85.8 Å². The molecule has 1 aliphatic rings. The van der Waals surface area contributed by atoms with Crippen molar-refractivity contribution in [2.75, 3.05) is 0 Å². The summed E-state index contributed by atoms with van der Waals surface area (Å²) in [5, 5.41) is 0. The molecule has 0 atom stereocenters. The normalized spacial score (nSPS) is 12.6. The second kappa shape index (κ2) is 6.62. The van der Waals surface area contributed by atoms with E-state index >= 15 is 0 Å². The number of benzene rings is 2. The molecule has 0 aliphatic heterocycles. The van der Waals surface area contributed by atoms with Crippen molar-refractivity contribution in [3.05, 3.63) is 81.7 Å². The van der Waals surface area contributed by atoms with Crippen LogP contribution < -0.4 is 11.5 Å². The van der Waals surface area contributed by atoms with Crippen LogP contribution in [0.3, 0.4) is 0 Å². The second-order valence-corrected chi connectivity index (χ2v) is 5.95. The van der Waals surface area contributed by atoms with Crippen molar-refractivity contribution >= 4 is 23.1 Å². The van der Waals surface area contributed by atoms with Gasteiger partial charge in [0, 0.05) is 5.56 Å². The van der Waals surface area contributed by atoms with E-state index < -0.39 is 5.91 Å². The minimum absolute atomic E-state index is 0.257. The molecule has 1 amide bonds. The van der Waals surface area contributed by atoms with Crippen molar-refractivity contribution in [2.24, 2.45) is 16.5 Å². The zero-order valence-corrected chi connectivity index (χ0v) is 13.9. The molecular weight excluding hydrogens is 312 g/mol. The summed E-state index contributed by atoms with van der Waals surface area (Å²) >= 11 is 0. The van der Waals surface area contributed by atoms with Crippen molar-refractivity contribution in [1.82, 2.24) is 0 Å². The molecule has 25 heavy (non-hydrogen) atoms. The van der Waals surface area contributed by atoms with Crippen LogP contribution in [-0.2, 0) is 6.42 Å². The summed E-state index contributed by atoms with van der Waals surface area (Å²) in [7, 11) is 0. The summed E-state index contributed by atoms with van der Waals surface area (Å²) < 4.78 is 0. The first-order chi connectivity index (χ1) is 12.0. The summed E-state index contributed by atoms with van der Waals surface area (Å²) in [5.74, 6) is -0.727. The molecular formula is C20H18N4O. The highest BCUT2D eigenvalue weighted by Crippen LogP contribution is 2.38. The van der Waals surface area contributed by atoms with Gasteiger partial charge < -0.3 is 11.5 Å². The molecule has 2 aromatic carbocycles. The average Bonchev–Trinajstić information content (AvgIpc) is 2.60. The molecule has 0 aromatic heterocycles. The van der Waals surface area contributed by atoms with E-state index in [2.05, 4.69) is 15.9 Å². The number of rotatable bonds is 2. The monoisotopic (exact) mass is 330 g/mol. The van der Waals surface area contributed by atoms with Crippen LogP contribution in [-0.4, -0.2) is 11.9 Å². The first-order valence-corrected chi connectivity index (χ1v) is 7.96. The van der Waals surface area contributed by atoms with Crippen molar-refractivity contribution < 1.29 is 4.79 Å². The number of para-hydroxylation sites is 1. The molecule has 5 heteroatoms. The van der Waals surface area contributed by atoms with E-state index in [4.69, 9.17) is 18.0 Å². The number of guanidine groups is 1. The zero-order chi connectivity index (χ0) is 18.0. The van der Waals surface area contributed by atoms with Crippen molar-refractivity contribution in [1.29, 1.82) is 0 Å². The number of amides is 1. The molecule has 1 aliphatic carbocycles. The maximum Gasteiger partial charge on any atom is 0.280 e. The van der Waals surface area contributed by atoms with Crippen LogP contribution in [0.1, 0.15) is 39.0 Å². The number of carbonyl (C=O) groups is 1. The molecule has 0 bridgehead atoms. The van der Waals surface area contributed by atoms with E-state index in [1.807, 2.05) is 37.3 Å². The van der Waals surface area contributed by atoms with E-state index in [-0.39, 0.29) is 5.96 Å². The van der Waals surface area contributed by atoms with Crippen LogP contribution in [0.25, 0.3) is 10.4 Å². The zero-order valence-electron chi connectivity index (χ0n) is 13.9. The maximum atomic E-state index is 12.1. The van der Waals surface area contributed by atoms with Crippen LogP contribution in [0.5, 0.6) is 0 Å². The third kappa shape index (κ3) is 3.15. The minimum atomic E-state index is -0.470. The lowest BCUT2D eigenvalue weighted by atomic mass is 9.85. The lowest BCUT2D eigenvalue weighted by molar-refractivity contribution is 0.100. The molecule has 3 rings (SSSR count). The molecule has 0 spiro atoms. The SMILES string of the molecule is [C-]#[N+]c1c(C)cccc1C1=CCCc2ccc(C(=O)N=C(N)N)cc21. The highest BCUT2D eigenvalue weighted by Gasteiger charge is 2.19. The number of aliphatic imine (C=N–C) groups is 1. The van der Waals surface area contributed by atoms with Gasteiger partial charge in [-0.15, -0.1) is 0 Å². The Morgan fingerprint density at radius 1 is 1.20 bits per heavy atom. The Kier molecular flexibility index (Phi) is 4.36. The fourth-order valence-electron chi connectivity index (χ4n) is 3.12. The van der Waals surface area contributed by atoms with E-state index in [1.165, 1.54) is 0 Å². The Bertz CT molecular complexity index is 960. The lowest BCUT2D eigenvalue weighted by Gasteiger charge is -2.20. The molecule has 0 heterocycles. The van der Waals surface area contributed by atoms with E-state index in [1.54, 1.807) is 6.07 Å². The standard InChI is InChI=1S/C20H18N4O/c1-12-5-3-8-16(18(12)23-2)15-7-4-6-13-9-10-14(11-17(13)15)19(25)24-20(21)22/h3,5,7-11H,4,6H2,1H3,(H4,21,22,24,25). The van der Waals surface area contributed by atoms with Crippen LogP contribution in [0.4, 0.5) is 5.69 Å². The summed E-state index contributed by atoms with van der Waals surface area (Å²) in [5.41, 5.74) is 16.6. The van der Waals surface area contributed by atoms with E-state index in [0.717, 1.165) is 40.7 Å². The highest BCUT2D eigenvalue weighted by atomic mass is 16.1. The summed E-state index contributed by atoms with van der Waals surface area (Å²) in [6.45, 7) is 9.44. The van der Waals surface area contributed by atoms with Crippen molar-refractivity contribution in [3.8, 4) is 0 Å². The molecule has 0 saturated carbocycles. The van der Waals surface area contributed by atoms with Gasteiger partial charge in [-0.1, -0.05) is 30.3 Å². The first kappa shape index (κ1) is 16.5. The highest BCUT2D eigenvalue weighted by molar-refractivity contribution is 6.03. The number of fused-ring (bicyclic) bond motifs is 1. The van der Waals surface area contributed by atoms with Gasteiger partial charge in [-0.05, 0) is 59.7 Å². The molecule has 2 aromatic rings. The summed E-state index contributed by atoms with van der Waals surface area (Å²) in [6, 6.07) is 11.3. The summed E-state index contributed by atoms with van der Waals surface area (Å²) in [6.07, 6.45) is 3.92. The Morgan fingerprint density at radius 3 is 2.72 bits per heavy atom. The fraction of sp³-hybridized carbons (Fsp3) is 0.150. The number of hydrogen-bond donors (Lipinski definition) is 2. The Balaban J connectivity index is 2.14. The maximum absolute atomic E-state index is 12.1. The van der Waals surface area contributed by atoms with Gasteiger partial charge in [0.2, 0.25) is 0 Å². The fourth-order valence-corrected chi connectivity index (χ4v) is 3.12. The van der Waals surface area contributed by atoms with Gasteiger partial charge in [0.15, 0.2) is 11.6 Å². The number of allylic oxidation sites excluding steroid dienone is 1. The van der Waals surface area contributed by atoms with E-state index in [0.29, 0.717) is 11.3 Å². The van der Waals surface area contributed by atoms with Gasteiger partial charge in [0.05, 0.1) is 6.57 Å². The minimum Gasteiger partial charge on any atom is -0.370 e. The molecule has 0 saturated heterocycles. The van der Waals surface area contributed by atoms with Crippen LogP contribution in [0.2, 0.25) is 0 Å².